The van der Waals surface area contributed by atoms with Crippen LogP contribution in [-0.4, -0.2) is 68.7 Å². The van der Waals surface area contributed by atoms with E-state index >= 15 is 0 Å². The van der Waals surface area contributed by atoms with E-state index in [1.165, 1.54) is 0 Å². The molecule has 0 aliphatic rings. The molecule has 0 fully saturated rings. The van der Waals surface area contributed by atoms with Crippen molar-refractivity contribution in [3.05, 3.63) is 53.9 Å². The molecule has 0 radical (unpaired) electrons. The molecule has 2 aromatic rings. The molecule has 8 nitrogen and oxygen atoms in total. The molecule has 0 aliphatic heterocycles. The zero-order chi connectivity index (χ0) is 23.2. The van der Waals surface area contributed by atoms with Gasteiger partial charge in [-0.05, 0) is 50.1 Å². The zero-order valence-corrected chi connectivity index (χ0v) is 19.6. The van der Waals surface area contributed by atoms with E-state index in [1.54, 1.807) is 25.2 Å². The lowest BCUT2D eigenvalue weighted by molar-refractivity contribution is -0.128. The highest BCUT2D eigenvalue weighted by atomic mass is 16.5. The van der Waals surface area contributed by atoms with Crippen molar-refractivity contribution >= 4 is 11.9 Å². The minimum Gasteiger partial charge on any atom is -0.490 e. The second-order valence-corrected chi connectivity index (χ2v) is 7.14. The van der Waals surface area contributed by atoms with Crippen molar-refractivity contribution in [1.29, 1.82) is 0 Å². The Labute approximate surface area is 191 Å². The molecule has 2 rings (SSSR count). The maximum atomic E-state index is 12.4. The lowest BCUT2D eigenvalue weighted by Crippen LogP contribution is -2.44. The quantitative estimate of drug-likeness (QED) is 0.388. The Morgan fingerprint density at radius 1 is 1.06 bits per heavy atom. The van der Waals surface area contributed by atoms with Crippen LogP contribution in [0.1, 0.15) is 25.1 Å². The SMILES string of the molecule is CCOc1ccc(CCNC(=NC)NCC(=O)N(C)CCc2ccccn2)cc1OCC. The van der Waals surface area contributed by atoms with Crippen LogP contribution in [0.25, 0.3) is 0 Å². The molecular weight excluding hydrogens is 406 g/mol. The molecule has 8 heteroatoms. The summed E-state index contributed by atoms with van der Waals surface area (Å²) in [5.41, 5.74) is 2.10. The molecule has 1 aromatic carbocycles. The summed E-state index contributed by atoms with van der Waals surface area (Å²) < 4.78 is 11.3. The van der Waals surface area contributed by atoms with Crippen molar-refractivity contribution in [2.24, 2.45) is 4.99 Å². The van der Waals surface area contributed by atoms with E-state index in [4.69, 9.17) is 9.47 Å². The largest absolute Gasteiger partial charge is 0.490 e. The van der Waals surface area contributed by atoms with Crippen molar-refractivity contribution < 1.29 is 14.3 Å². The van der Waals surface area contributed by atoms with Gasteiger partial charge in [0.1, 0.15) is 0 Å². The predicted molar refractivity (Wildman–Crippen MR) is 127 cm³/mol. The van der Waals surface area contributed by atoms with Gasteiger partial charge < -0.3 is 25.0 Å². The number of rotatable bonds is 12. The molecule has 1 aromatic heterocycles. The van der Waals surface area contributed by atoms with Gasteiger partial charge in [0.2, 0.25) is 5.91 Å². The monoisotopic (exact) mass is 441 g/mol. The van der Waals surface area contributed by atoms with Gasteiger partial charge in [0.05, 0.1) is 19.8 Å². The predicted octanol–water partition coefficient (Wildman–Crippen LogP) is 2.29. The number of guanidine groups is 1. The standard InChI is InChI=1S/C24H35N5O3/c1-5-31-21-11-10-19(17-22(21)32-6-2)12-15-27-24(25-3)28-18-23(30)29(4)16-13-20-9-7-8-14-26-20/h7-11,14,17H,5-6,12-13,15-16,18H2,1-4H3,(H2,25,27,28). The van der Waals surface area contributed by atoms with Crippen molar-refractivity contribution in [3.63, 3.8) is 0 Å². The van der Waals surface area contributed by atoms with Crippen LogP contribution in [0.4, 0.5) is 0 Å². The third-order valence-corrected chi connectivity index (χ3v) is 4.80. The van der Waals surface area contributed by atoms with Gasteiger partial charge in [-0.25, -0.2) is 0 Å². The number of pyridine rings is 1. The number of hydrogen-bond donors (Lipinski definition) is 2. The Kier molecular flexibility index (Phi) is 10.8. The molecule has 0 bridgehead atoms. The van der Waals surface area contributed by atoms with Gasteiger partial charge >= 0.3 is 0 Å². The molecule has 0 aliphatic carbocycles. The molecule has 0 saturated heterocycles. The molecule has 0 spiro atoms. The number of likely N-dealkylation sites (N-methyl/N-ethyl adjacent to an activating group) is 1. The van der Waals surface area contributed by atoms with Gasteiger partial charge in [0.25, 0.3) is 0 Å². The molecule has 0 unspecified atom stereocenters. The van der Waals surface area contributed by atoms with E-state index in [9.17, 15) is 4.79 Å². The Bertz CT molecular complexity index is 858. The van der Waals surface area contributed by atoms with Gasteiger partial charge in [-0.2, -0.15) is 0 Å². The van der Waals surface area contributed by atoms with Gasteiger partial charge in [-0.3, -0.25) is 14.8 Å². The van der Waals surface area contributed by atoms with Crippen LogP contribution in [0.5, 0.6) is 11.5 Å². The number of ether oxygens (including phenoxy) is 2. The van der Waals surface area contributed by atoms with Gasteiger partial charge in [-0.1, -0.05) is 12.1 Å². The lowest BCUT2D eigenvalue weighted by atomic mass is 10.1. The summed E-state index contributed by atoms with van der Waals surface area (Å²) >= 11 is 0. The fraction of sp³-hybridized carbons (Fsp3) is 0.458. The highest BCUT2D eigenvalue weighted by molar-refractivity contribution is 5.86. The van der Waals surface area contributed by atoms with Crippen LogP contribution in [0.2, 0.25) is 0 Å². The lowest BCUT2D eigenvalue weighted by Gasteiger charge is -2.18. The van der Waals surface area contributed by atoms with E-state index in [2.05, 4.69) is 20.6 Å². The van der Waals surface area contributed by atoms with Crippen LogP contribution >= 0.6 is 0 Å². The molecule has 1 amide bonds. The van der Waals surface area contributed by atoms with Crippen LogP contribution < -0.4 is 20.1 Å². The molecule has 2 N–H and O–H groups in total. The van der Waals surface area contributed by atoms with Crippen LogP contribution in [0.15, 0.2) is 47.6 Å². The smallest absolute Gasteiger partial charge is 0.241 e. The van der Waals surface area contributed by atoms with Crippen molar-refractivity contribution in [2.75, 3.05) is 46.9 Å². The number of nitrogens with zero attached hydrogens (tertiary/aromatic N) is 3. The number of aliphatic imine (C=N–C) groups is 1. The Morgan fingerprint density at radius 3 is 2.53 bits per heavy atom. The molecule has 1 heterocycles. The summed E-state index contributed by atoms with van der Waals surface area (Å²) in [5, 5.41) is 6.33. The summed E-state index contributed by atoms with van der Waals surface area (Å²) in [6, 6.07) is 11.8. The number of aromatic nitrogens is 1. The normalized spacial score (nSPS) is 11.1. The number of benzene rings is 1. The molecule has 174 valence electrons. The van der Waals surface area contributed by atoms with Gasteiger partial charge in [0.15, 0.2) is 17.5 Å². The number of amides is 1. The third kappa shape index (κ3) is 8.45. The average Bonchev–Trinajstić information content (AvgIpc) is 2.82. The van der Waals surface area contributed by atoms with E-state index in [1.807, 2.05) is 50.2 Å². The van der Waals surface area contributed by atoms with Crippen molar-refractivity contribution in [2.45, 2.75) is 26.7 Å². The Morgan fingerprint density at radius 2 is 1.84 bits per heavy atom. The summed E-state index contributed by atoms with van der Waals surface area (Å²) in [5.74, 6) is 2.10. The number of carbonyl (C=O) groups is 1. The fourth-order valence-corrected chi connectivity index (χ4v) is 3.04. The second kappa shape index (κ2) is 13.9. The summed E-state index contributed by atoms with van der Waals surface area (Å²) in [6.07, 6.45) is 3.27. The molecule has 0 atom stereocenters. The third-order valence-electron chi connectivity index (χ3n) is 4.80. The van der Waals surface area contributed by atoms with E-state index in [0.717, 1.165) is 35.6 Å². The first-order valence-corrected chi connectivity index (χ1v) is 11.0. The summed E-state index contributed by atoms with van der Waals surface area (Å²) in [7, 11) is 3.49. The molecule has 32 heavy (non-hydrogen) atoms. The average molecular weight is 442 g/mol. The Hall–Kier alpha value is -3.29. The summed E-state index contributed by atoms with van der Waals surface area (Å²) in [4.78, 5) is 22.6. The van der Waals surface area contributed by atoms with E-state index in [-0.39, 0.29) is 12.5 Å². The van der Waals surface area contributed by atoms with Crippen LogP contribution in [0.3, 0.4) is 0 Å². The van der Waals surface area contributed by atoms with Crippen LogP contribution in [0, 0.1) is 0 Å². The summed E-state index contributed by atoms with van der Waals surface area (Å²) in [6.45, 7) is 6.55. The fourth-order valence-electron chi connectivity index (χ4n) is 3.04. The van der Waals surface area contributed by atoms with Crippen molar-refractivity contribution in [1.82, 2.24) is 20.5 Å². The number of carbonyl (C=O) groups excluding carboxylic acids is 1. The van der Waals surface area contributed by atoms with E-state index in [0.29, 0.717) is 32.3 Å². The van der Waals surface area contributed by atoms with E-state index < -0.39 is 0 Å². The maximum Gasteiger partial charge on any atom is 0.241 e. The number of nitrogens with one attached hydrogen (secondary N) is 2. The van der Waals surface area contributed by atoms with Crippen LogP contribution in [-0.2, 0) is 17.6 Å². The first kappa shape index (κ1) is 25.0. The maximum absolute atomic E-state index is 12.4. The minimum absolute atomic E-state index is 0.00301. The van der Waals surface area contributed by atoms with Crippen molar-refractivity contribution in [3.8, 4) is 11.5 Å². The first-order chi connectivity index (χ1) is 15.6. The zero-order valence-electron chi connectivity index (χ0n) is 19.6. The highest BCUT2D eigenvalue weighted by Crippen LogP contribution is 2.28. The second-order valence-electron chi connectivity index (χ2n) is 7.14. The first-order valence-electron chi connectivity index (χ1n) is 11.0. The van der Waals surface area contributed by atoms with Gasteiger partial charge in [-0.15, -0.1) is 0 Å². The molecule has 0 saturated carbocycles. The highest BCUT2D eigenvalue weighted by Gasteiger charge is 2.10. The van der Waals surface area contributed by atoms with Gasteiger partial charge in [0, 0.05) is 45.5 Å². The minimum atomic E-state index is -0.00301. The Balaban J connectivity index is 1.75. The molecular formula is C24H35N5O3. The topological polar surface area (TPSA) is 88.1 Å². The number of hydrogen-bond acceptors (Lipinski definition) is 5.